The van der Waals surface area contributed by atoms with Gasteiger partial charge in [0.15, 0.2) is 0 Å². The molecule has 0 unspecified atom stereocenters. The molecule has 0 saturated heterocycles. The van der Waals surface area contributed by atoms with Gasteiger partial charge < -0.3 is 19.1 Å². The van der Waals surface area contributed by atoms with Crippen molar-refractivity contribution < 1.29 is 28.2 Å². The summed E-state index contributed by atoms with van der Waals surface area (Å²) in [5.74, 6) is 0.0319. The van der Waals surface area contributed by atoms with Gasteiger partial charge in [-0.05, 0) is 67.3 Å². The molecule has 1 amide bonds. The van der Waals surface area contributed by atoms with Gasteiger partial charge in [-0.25, -0.2) is 9.18 Å². The molecule has 0 radical (unpaired) electrons. The first-order valence-corrected chi connectivity index (χ1v) is 11.9. The van der Waals surface area contributed by atoms with Crippen molar-refractivity contribution in [2.24, 2.45) is 0 Å². The SMILES string of the molecule is CCOC(=O)Cc1ccc(OC)c(-c2cc(C)ccc2CN(CC)C(=O)OCc2ccc(F)cc2)c1. The van der Waals surface area contributed by atoms with E-state index in [1.165, 1.54) is 12.1 Å². The van der Waals surface area contributed by atoms with Gasteiger partial charge in [-0.15, -0.1) is 0 Å². The molecule has 36 heavy (non-hydrogen) atoms. The van der Waals surface area contributed by atoms with Crippen molar-refractivity contribution in [2.75, 3.05) is 20.3 Å². The maximum absolute atomic E-state index is 13.1. The number of halogens is 1. The number of esters is 1. The summed E-state index contributed by atoms with van der Waals surface area (Å²) in [7, 11) is 1.60. The summed E-state index contributed by atoms with van der Waals surface area (Å²) < 4.78 is 29.4. The number of benzene rings is 3. The average molecular weight is 494 g/mol. The Morgan fingerprint density at radius 2 is 1.61 bits per heavy atom. The lowest BCUT2D eigenvalue weighted by molar-refractivity contribution is -0.142. The molecule has 0 heterocycles. The number of carbonyl (C=O) groups excluding carboxylic acids is 2. The van der Waals surface area contributed by atoms with E-state index in [0.717, 1.165) is 27.8 Å². The van der Waals surface area contributed by atoms with Crippen molar-refractivity contribution in [2.45, 2.75) is 40.3 Å². The van der Waals surface area contributed by atoms with Crippen LogP contribution >= 0.6 is 0 Å². The number of hydrogen-bond donors (Lipinski definition) is 0. The molecule has 0 aromatic heterocycles. The monoisotopic (exact) mass is 493 g/mol. The molecule has 3 aromatic rings. The molecule has 0 aliphatic rings. The highest BCUT2D eigenvalue weighted by molar-refractivity contribution is 5.78. The van der Waals surface area contributed by atoms with Crippen LogP contribution in [0.1, 0.15) is 36.1 Å². The van der Waals surface area contributed by atoms with Crippen molar-refractivity contribution in [1.29, 1.82) is 0 Å². The largest absolute Gasteiger partial charge is 0.496 e. The van der Waals surface area contributed by atoms with Crippen molar-refractivity contribution in [1.82, 2.24) is 4.90 Å². The summed E-state index contributed by atoms with van der Waals surface area (Å²) in [6, 6.07) is 17.5. The first-order chi connectivity index (χ1) is 17.3. The van der Waals surface area contributed by atoms with Gasteiger partial charge in [0.1, 0.15) is 18.2 Å². The van der Waals surface area contributed by atoms with E-state index < -0.39 is 6.09 Å². The molecule has 190 valence electrons. The molecular weight excluding hydrogens is 461 g/mol. The topological polar surface area (TPSA) is 65.1 Å². The highest BCUT2D eigenvalue weighted by Gasteiger charge is 2.19. The van der Waals surface area contributed by atoms with Crippen LogP contribution in [0.4, 0.5) is 9.18 Å². The van der Waals surface area contributed by atoms with Crippen LogP contribution in [0.15, 0.2) is 60.7 Å². The van der Waals surface area contributed by atoms with Gasteiger partial charge in [0.25, 0.3) is 0 Å². The van der Waals surface area contributed by atoms with E-state index in [1.54, 1.807) is 31.1 Å². The number of carbonyl (C=O) groups is 2. The Kier molecular flexibility index (Phi) is 9.45. The Hall–Kier alpha value is -3.87. The number of hydrogen-bond acceptors (Lipinski definition) is 5. The smallest absolute Gasteiger partial charge is 0.410 e. The second kappa shape index (κ2) is 12.7. The van der Waals surface area contributed by atoms with E-state index in [2.05, 4.69) is 0 Å². The lowest BCUT2D eigenvalue weighted by Gasteiger charge is -2.23. The molecule has 3 aromatic carbocycles. The zero-order chi connectivity index (χ0) is 26.1. The Morgan fingerprint density at radius 3 is 2.28 bits per heavy atom. The van der Waals surface area contributed by atoms with Gasteiger partial charge in [0, 0.05) is 18.7 Å². The van der Waals surface area contributed by atoms with E-state index in [1.807, 2.05) is 50.2 Å². The average Bonchev–Trinajstić information content (AvgIpc) is 2.87. The number of rotatable bonds is 10. The molecule has 0 aliphatic heterocycles. The standard InChI is InChI=1S/C29H32FNO5/c1-5-31(29(33)36-19-21-8-12-24(30)13-9-21)18-23-11-7-20(3)15-25(23)26-16-22(10-14-27(26)34-4)17-28(32)35-6-2/h7-16H,5-6,17-19H2,1-4H3. The van der Waals surface area contributed by atoms with Crippen LogP contribution in [0.2, 0.25) is 0 Å². The van der Waals surface area contributed by atoms with Gasteiger partial charge in [0.05, 0.1) is 20.1 Å². The fourth-order valence-electron chi connectivity index (χ4n) is 3.86. The molecule has 0 bridgehead atoms. The quantitative estimate of drug-likeness (QED) is 0.321. The molecule has 0 saturated carbocycles. The Morgan fingerprint density at radius 1 is 0.889 bits per heavy atom. The fourth-order valence-corrected chi connectivity index (χ4v) is 3.86. The molecule has 0 fully saturated rings. The fraction of sp³-hybridized carbons (Fsp3) is 0.310. The zero-order valence-electron chi connectivity index (χ0n) is 21.2. The third kappa shape index (κ3) is 7.07. The lowest BCUT2D eigenvalue weighted by Crippen LogP contribution is -2.31. The highest BCUT2D eigenvalue weighted by Crippen LogP contribution is 2.35. The molecule has 7 heteroatoms. The maximum atomic E-state index is 13.1. The summed E-state index contributed by atoms with van der Waals surface area (Å²) in [4.78, 5) is 26.5. The predicted octanol–water partition coefficient (Wildman–Crippen LogP) is 6.07. The van der Waals surface area contributed by atoms with Gasteiger partial charge in [-0.3, -0.25) is 4.79 Å². The van der Waals surface area contributed by atoms with Crippen LogP contribution in [0.25, 0.3) is 11.1 Å². The summed E-state index contributed by atoms with van der Waals surface area (Å²) in [6.45, 7) is 6.80. The van der Waals surface area contributed by atoms with E-state index in [0.29, 0.717) is 31.0 Å². The van der Waals surface area contributed by atoms with Crippen LogP contribution in [0.5, 0.6) is 5.75 Å². The molecule has 0 N–H and O–H groups in total. The molecule has 0 atom stereocenters. The number of ether oxygens (including phenoxy) is 3. The summed E-state index contributed by atoms with van der Waals surface area (Å²) in [6.07, 6.45) is -0.306. The Balaban J connectivity index is 1.86. The number of nitrogens with zero attached hydrogens (tertiary/aromatic N) is 1. The first-order valence-electron chi connectivity index (χ1n) is 11.9. The van der Waals surface area contributed by atoms with E-state index in [9.17, 15) is 14.0 Å². The van der Waals surface area contributed by atoms with E-state index >= 15 is 0 Å². The third-order valence-corrected chi connectivity index (χ3v) is 5.75. The van der Waals surface area contributed by atoms with E-state index in [-0.39, 0.29) is 24.8 Å². The normalized spacial score (nSPS) is 10.6. The first kappa shape index (κ1) is 26.7. The Labute approximate surface area is 211 Å². The number of amides is 1. The summed E-state index contributed by atoms with van der Waals surface area (Å²) >= 11 is 0. The van der Waals surface area contributed by atoms with Gasteiger partial charge in [-0.2, -0.15) is 0 Å². The minimum atomic E-state index is -0.462. The molecule has 3 rings (SSSR count). The van der Waals surface area contributed by atoms with Gasteiger partial charge >= 0.3 is 12.1 Å². The third-order valence-electron chi connectivity index (χ3n) is 5.75. The van der Waals surface area contributed by atoms with Crippen molar-refractivity contribution >= 4 is 12.1 Å². The van der Waals surface area contributed by atoms with Crippen LogP contribution in [0.3, 0.4) is 0 Å². The van der Waals surface area contributed by atoms with Crippen molar-refractivity contribution in [3.63, 3.8) is 0 Å². The minimum absolute atomic E-state index is 0.0557. The zero-order valence-corrected chi connectivity index (χ0v) is 21.2. The summed E-state index contributed by atoms with van der Waals surface area (Å²) in [5, 5.41) is 0. The van der Waals surface area contributed by atoms with Crippen LogP contribution in [-0.2, 0) is 33.8 Å². The Bertz CT molecular complexity index is 1190. The maximum Gasteiger partial charge on any atom is 0.410 e. The minimum Gasteiger partial charge on any atom is -0.496 e. The van der Waals surface area contributed by atoms with E-state index in [4.69, 9.17) is 14.2 Å². The number of methoxy groups -OCH3 is 1. The summed E-state index contributed by atoms with van der Waals surface area (Å²) in [5.41, 5.74) is 5.21. The molecular formula is C29H32FNO5. The van der Waals surface area contributed by atoms with Gasteiger partial charge in [0.2, 0.25) is 0 Å². The van der Waals surface area contributed by atoms with Crippen LogP contribution < -0.4 is 4.74 Å². The van der Waals surface area contributed by atoms with Gasteiger partial charge in [-0.1, -0.05) is 42.0 Å². The van der Waals surface area contributed by atoms with Crippen LogP contribution in [0, 0.1) is 12.7 Å². The van der Waals surface area contributed by atoms with Crippen molar-refractivity contribution in [3.05, 3.63) is 88.7 Å². The lowest BCUT2D eigenvalue weighted by atomic mass is 9.94. The molecule has 0 aliphatic carbocycles. The number of aryl methyl sites for hydroxylation is 1. The second-order valence-electron chi connectivity index (χ2n) is 8.37. The predicted molar refractivity (Wildman–Crippen MR) is 136 cm³/mol. The second-order valence-corrected chi connectivity index (χ2v) is 8.37. The van der Waals surface area contributed by atoms with Crippen LogP contribution in [-0.4, -0.2) is 37.2 Å². The van der Waals surface area contributed by atoms with Crippen molar-refractivity contribution in [3.8, 4) is 16.9 Å². The molecule has 0 spiro atoms. The highest BCUT2D eigenvalue weighted by atomic mass is 19.1. The molecule has 6 nitrogen and oxygen atoms in total.